The molecule has 96 valence electrons. The summed E-state index contributed by atoms with van der Waals surface area (Å²) in [5.41, 5.74) is 0.512. The van der Waals surface area contributed by atoms with Crippen LogP contribution in [0.15, 0.2) is 35.4 Å². The van der Waals surface area contributed by atoms with Crippen molar-refractivity contribution in [3.05, 3.63) is 30.5 Å². The van der Waals surface area contributed by atoms with E-state index >= 15 is 0 Å². The molecule has 18 heavy (non-hydrogen) atoms. The third-order valence-electron chi connectivity index (χ3n) is 2.46. The van der Waals surface area contributed by atoms with E-state index in [1.54, 1.807) is 24.4 Å². The first-order valence-corrected chi connectivity index (χ1v) is 7.12. The van der Waals surface area contributed by atoms with E-state index in [0.717, 1.165) is 6.42 Å². The zero-order valence-corrected chi connectivity index (χ0v) is 10.8. The number of hydrogen-bond donors (Lipinski definition) is 1. The Morgan fingerprint density at radius 3 is 2.78 bits per heavy atom. The van der Waals surface area contributed by atoms with E-state index in [1.165, 1.54) is 6.07 Å². The lowest BCUT2D eigenvalue weighted by molar-refractivity contribution is 0.320. The first-order chi connectivity index (χ1) is 8.54. The number of pyridine rings is 1. The van der Waals surface area contributed by atoms with Gasteiger partial charge in [0.15, 0.2) is 0 Å². The zero-order chi connectivity index (χ0) is 13.2. The van der Waals surface area contributed by atoms with Crippen molar-refractivity contribution in [3.8, 4) is 5.75 Å². The largest absolute Gasteiger partial charge is 0.491 e. The van der Waals surface area contributed by atoms with Crippen molar-refractivity contribution in [2.24, 2.45) is 5.14 Å². The van der Waals surface area contributed by atoms with E-state index in [9.17, 15) is 8.42 Å². The number of hydrogen-bond acceptors (Lipinski definition) is 4. The van der Waals surface area contributed by atoms with Crippen LogP contribution in [0.5, 0.6) is 5.75 Å². The van der Waals surface area contributed by atoms with Gasteiger partial charge in [-0.15, -0.1) is 0 Å². The Labute approximate surface area is 106 Å². The third-order valence-corrected chi connectivity index (χ3v) is 3.43. The van der Waals surface area contributed by atoms with Crippen LogP contribution in [-0.2, 0) is 10.0 Å². The monoisotopic (exact) mass is 266 g/mol. The van der Waals surface area contributed by atoms with Crippen molar-refractivity contribution in [1.82, 2.24) is 4.98 Å². The number of aromatic nitrogens is 1. The van der Waals surface area contributed by atoms with E-state index < -0.39 is 10.0 Å². The molecule has 0 spiro atoms. The summed E-state index contributed by atoms with van der Waals surface area (Å²) in [7, 11) is -3.76. The molecule has 0 radical (unpaired) electrons. The molecule has 2 rings (SSSR count). The number of primary sulfonamides is 1. The molecular formula is C12H14N2O3S. The van der Waals surface area contributed by atoms with Gasteiger partial charge in [-0.05, 0) is 30.7 Å². The molecule has 5 nitrogen and oxygen atoms in total. The van der Waals surface area contributed by atoms with Gasteiger partial charge in [0.25, 0.3) is 0 Å². The highest BCUT2D eigenvalue weighted by Crippen LogP contribution is 2.28. The maximum absolute atomic E-state index is 11.5. The minimum absolute atomic E-state index is 0.0643. The molecule has 0 saturated heterocycles. The van der Waals surface area contributed by atoms with Crippen LogP contribution in [0.1, 0.15) is 13.3 Å². The molecule has 0 aliphatic rings. The SMILES string of the molecule is CCCOc1ccc(S(N)(=O)=O)c2cccnc12. The van der Waals surface area contributed by atoms with Crippen LogP contribution in [0.3, 0.4) is 0 Å². The highest BCUT2D eigenvalue weighted by atomic mass is 32.2. The van der Waals surface area contributed by atoms with Gasteiger partial charge < -0.3 is 4.74 Å². The second-order valence-electron chi connectivity index (χ2n) is 3.85. The Morgan fingerprint density at radius 2 is 2.11 bits per heavy atom. The molecule has 0 unspecified atom stereocenters. The molecule has 2 N–H and O–H groups in total. The number of sulfonamides is 1. The summed E-state index contributed by atoms with van der Waals surface area (Å²) < 4.78 is 28.5. The second-order valence-corrected chi connectivity index (χ2v) is 5.38. The molecule has 0 atom stereocenters. The Kier molecular flexibility index (Phi) is 3.49. The van der Waals surface area contributed by atoms with Gasteiger partial charge in [0.2, 0.25) is 10.0 Å². The Balaban J connectivity index is 2.66. The second kappa shape index (κ2) is 4.91. The van der Waals surface area contributed by atoms with Crippen LogP contribution in [0.4, 0.5) is 0 Å². The summed E-state index contributed by atoms with van der Waals surface area (Å²) in [6, 6.07) is 6.37. The third kappa shape index (κ3) is 2.44. The molecule has 0 fully saturated rings. The lowest BCUT2D eigenvalue weighted by Crippen LogP contribution is -2.13. The minimum Gasteiger partial charge on any atom is -0.491 e. The van der Waals surface area contributed by atoms with Crippen LogP contribution in [0.25, 0.3) is 10.9 Å². The fourth-order valence-corrected chi connectivity index (χ4v) is 2.43. The van der Waals surface area contributed by atoms with Crippen LogP contribution < -0.4 is 9.88 Å². The number of benzene rings is 1. The molecule has 2 aromatic rings. The van der Waals surface area contributed by atoms with Crippen molar-refractivity contribution < 1.29 is 13.2 Å². The van der Waals surface area contributed by atoms with Crippen LogP contribution in [0.2, 0.25) is 0 Å². The van der Waals surface area contributed by atoms with Crippen molar-refractivity contribution in [3.63, 3.8) is 0 Å². The van der Waals surface area contributed by atoms with Crippen molar-refractivity contribution >= 4 is 20.9 Å². The van der Waals surface area contributed by atoms with E-state index in [-0.39, 0.29) is 4.90 Å². The molecule has 1 aromatic carbocycles. The molecule has 0 amide bonds. The fraction of sp³-hybridized carbons (Fsp3) is 0.250. The zero-order valence-electron chi connectivity index (χ0n) is 9.96. The smallest absolute Gasteiger partial charge is 0.238 e. The fourth-order valence-electron chi connectivity index (χ4n) is 1.70. The molecule has 0 aliphatic heterocycles. The summed E-state index contributed by atoms with van der Waals surface area (Å²) in [4.78, 5) is 4.23. The molecule has 0 aliphatic carbocycles. The number of nitrogens with zero attached hydrogens (tertiary/aromatic N) is 1. The first kappa shape index (κ1) is 12.8. The quantitative estimate of drug-likeness (QED) is 0.912. The highest BCUT2D eigenvalue weighted by Gasteiger charge is 2.15. The molecule has 0 saturated carbocycles. The van der Waals surface area contributed by atoms with Crippen molar-refractivity contribution in [2.45, 2.75) is 18.2 Å². The highest BCUT2D eigenvalue weighted by molar-refractivity contribution is 7.89. The summed E-state index contributed by atoms with van der Waals surface area (Å²) in [6.07, 6.45) is 2.46. The van der Waals surface area contributed by atoms with Gasteiger partial charge in [0.05, 0.1) is 11.5 Å². The van der Waals surface area contributed by atoms with E-state index in [4.69, 9.17) is 9.88 Å². The average Bonchev–Trinajstić information content (AvgIpc) is 2.34. The molecule has 1 aromatic heterocycles. The van der Waals surface area contributed by atoms with Gasteiger partial charge in [-0.3, -0.25) is 4.98 Å². The Bertz CT molecular complexity index is 668. The summed E-state index contributed by atoms with van der Waals surface area (Å²) in [5.74, 6) is 0.569. The molecular weight excluding hydrogens is 252 g/mol. The topological polar surface area (TPSA) is 82.3 Å². The van der Waals surface area contributed by atoms with Crippen LogP contribution >= 0.6 is 0 Å². The van der Waals surface area contributed by atoms with Gasteiger partial charge in [-0.1, -0.05) is 6.92 Å². The van der Waals surface area contributed by atoms with E-state index in [1.807, 2.05) is 6.92 Å². The first-order valence-electron chi connectivity index (χ1n) is 5.57. The van der Waals surface area contributed by atoms with Gasteiger partial charge in [0, 0.05) is 11.6 Å². The Hall–Kier alpha value is -1.66. The molecule has 0 bridgehead atoms. The molecule has 1 heterocycles. The van der Waals surface area contributed by atoms with Gasteiger partial charge in [-0.25, -0.2) is 13.6 Å². The van der Waals surface area contributed by atoms with Gasteiger partial charge in [0.1, 0.15) is 11.3 Å². The number of nitrogens with two attached hydrogens (primary N) is 1. The summed E-state index contributed by atoms with van der Waals surface area (Å²) in [6.45, 7) is 2.55. The lowest BCUT2D eigenvalue weighted by Gasteiger charge is -2.10. The Morgan fingerprint density at radius 1 is 1.33 bits per heavy atom. The van der Waals surface area contributed by atoms with E-state index in [2.05, 4.69) is 4.98 Å². The summed E-state index contributed by atoms with van der Waals surface area (Å²) in [5, 5.41) is 5.66. The van der Waals surface area contributed by atoms with Crippen LogP contribution in [-0.4, -0.2) is 20.0 Å². The van der Waals surface area contributed by atoms with Crippen LogP contribution in [0, 0.1) is 0 Å². The normalized spacial score (nSPS) is 11.7. The summed E-state index contributed by atoms with van der Waals surface area (Å²) >= 11 is 0. The van der Waals surface area contributed by atoms with Gasteiger partial charge in [-0.2, -0.15) is 0 Å². The maximum Gasteiger partial charge on any atom is 0.238 e. The number of rotatable bonds is 4. The lowest BCUT2D eigenvalue weighted by atomic mass is 10.2. The predicted molar refractivity (Wildman–Crippen MR) is 68.9 cm³/mol. The van der Waals surface area contributed by atoms with E-state index in [0.29, 0.717) is 23.3 Å². The maximum atomic E-state index is 11.5. The average molecular weight is 266 g/mol. The predicted octanol–water partition coefficient (Wildman–Crippen LogP) is 1.67. The van der Waals surface area contributed by atoms with Crippen molar-refractivity contribution in [1.29, 1.82) is 0 Å². The number of fused-ring (bicyclic) bond motifs is 1. The van der Waals surface area contributed by atoms with Crippen molar-refractivity contribution in [2.75, 3.05) is 6.61 Å². The van der Waals surface area contributed by atoms with Gasteiger partial charge >= 0.3 is 0 Å². The minimum atomic E-state index is -3.76. The standard InChI is InChI=1S/C12H14N2O3S/c1-2-8-17-10-5-6-11(18(13,15)16)9-4-3-7-14-12(9)10/h3-7H,2,8H2,1H3,(H2,13,15,16). The number of ether oxygens (including phenoxy) is 1. The molecule has 6 heteroatoms.